The fourth-order valence-electron chi connectivity index (χ4n) is 1.47. The molecule has 4 heteroatoms. The SMILES string of the molecule is FC(F)(COc1ccc(Br)cc1)c1ccccc1. The first-order valence-electron chi connectivity index (χ1n) is 5.40. The van der Waals surface area contributed by atoms with Crippen LogP contribution in [0.15, 0.2) is 59.1 Å². The van der Waals surface area contributed by atoms with E-state index in [1.54, 1.807) is 42.5 Å². The summed E-state index contributed by atoms with van der Waals surface area (Å²) in [4.78, 5) is 0. The van der Waals surface area contributed by atoms with Gasteiger partial charge >= 0.3 is 5.92 Å². The highest BCUT2D eigenvalue weighted by molar-refractivity contribution is 9.10. The summed E-state index contributed by atoms with van der Waals surface area (Å²) < 4.78 is 33.6. The minimum absolute atomic E-state index is 0.0397. The largest absolute Gasteiger partial charge is 0.487 e. The van der Waals surface area contributed by atoms with Gasteiger partial charge in [-0.05, 0) is 24.3 Å². The van der Waals surface area contributed by atoms with E-state index in [1.807, 2.05) is 0 Å². The molecule has 0 bridgehead atoms. The second-order valence-electron chi connectivity index (χ2n) is 3.81. The molecule has 0 heterocycles. The van der Waals surface area contributed by atoms with Gasteiger partial charge in [-0.25, -0.2) is 0 Å². The van der Waals surface area contributed by atoms with E-state index in [4.69, 9.17) is 4.74 Å². The summed E-state index contributed by atoms with van der Waals surface area (Å²) in [7, 11) is 0. The maximum absolute atomic E-state index is 13.8. The van der Waals surface area contributed by atoms with Crippen LogP contribution < -0.4 is 4.74 Å². The lowest BCUT2D eigenvalue weighted by Crippen LogP contribution is -2.23. The van der Waals surface area contributed by atoms with Crippen molar-refractivity contribution in [1.82, 2.24) is 0 Å². The van der Waals surface area contributed by atoms with Crippen LogP contribution in [0.25, 0.3) is 0 Å². The molecule has 0 aliphatic carbocycles. The molecule has 0 atom stereocenters. The maximum atomic E-state index is 13.8. The summed E-state index contributed by atoms with van der Waals surface area (Å²) in [6.45, 7) is -0.668. The Hall–Kier alpha value is -1.42. The number of rotatable bonds is 4. The molecule has 2 rings (SSSR count). The number of hydrogen-bond acceptors (Lipinski definition) is 1. The van der Waals surface area contributed by atoms with Gasteiger partial charge < -0.3 is 4.74 Å². The van der Waals surface area contributed by atoms with Gasteiger partial charge in [0.15, 0.2) is 6.61 Å². The zero-order chi connectivity index (χ0) is 13.0. The van der Waals surface area contributed by atoms with Crippen LogP contribution in [-0.4, -0.2) is 6.61 Å². The van der Waals surface area contributed by atoms with Crippen LogP contribution in [0.3, 0.4) is 0 Å². The van der Waals surface area contributed by atoms with Gasteiger partial charge in [-0.3, -0.25) is 0 Å². The molecule has 2 aromatic rings. The fraction of sp³-hybridized carbons (Fsp3) is 0.143. The van der Waals surface area contributed by atoms with Crippen molar-refractivity contribution in [1.29, 1.82) is 0 Å². The summed E-state index contributed by atoms with van der Waals surface area (Å²) in [6.07, 6.45) is 0. The van der Waals surface area contributed by atoms with E-state index in [0.717, 1.165) is 4.47 Å². The molecular weight excluding hydrogens is 302 g/mol. The van der Waals surface area contributed by atoms with E-state index in [0.29, 0.717) is 5.75 Å². The third-order valence-corrected chi connectivity index (χ3v) is 2.96. The fourth-order valence-corrected chi connectivity index (χ4v) is 1.73. The third-order valence-electron chi connectivity index (χ3n) is 2.43. The molecule has 0 amide bonds. The van der Waals surface area contributed by atoms with Crippen molar-refractivity contribution in [3.8, 4) is 5.75 Å². The van der Waals surface area contributed by atoms with E-state index < -0.39 is 12.5 Å². The molecule has 0 fully saturated rings. The second-order valence-corrected chi connectivity index (χ2v) is 4.73. The molecular formula is C14H11BrF2O. The van der Waals surface area contributed by atoms with E-state index >= 15 is 0 Å². The topological polar surface area (TPSA) is 9.23 Å². The molecule has 94 valence electrons. The zero-order valence-corrected chi connectivity index (χ0v) is 11.0. The normalized spacial score (nSPS) is 11.3. The molecule has 2 aromatic carbocycles. The second kappa shape index (κ2) is 5.48. The highest BCUT2D eigenvalue weighted by atomic mass is 79.9. The number of ether oxygens (including phenoxy) is 1. The van der Waals surface area contributed by atoms with Crippen LogP contribution >= 0.6 is 15.9 Å². The van der Waals surface area contributed by atoms with Crippen molar-refractivity contribution >= 4 is 15.9 Å². The minimum Gasteiger partial charge on any atom is -0.487 e. The molecule has 0 saturated heterocycles. The lowest BCUT2D eigenvalue weighted by atomic mass is 10.1. The average Bonchev–Trinajstić information content (AvgIpc) is 2.39. The lowest BCUT2D eigenvalue weighted by molar-refractivity contribution is -0.0467. The van der Waals surface area contributed by atoms with Crippen LogP contribution in [0.1, 0.15) is 5.56 Å². The summed E-state index contributed by atoms with van der Waals surface area (Å²) >= 11 is 3.27. The summed E-state index contributed by atoms with van der Waals surface area (Å²) in [5.74, 6) is -2.57. The zero-order valence-electron chi connectivity index (χ0n) is 9.45. The number of alkyl halides is 2. The summed E-state index contributed by atoms with van der Waals surface area (Å²) in [6, 6.07) is 14.4. The van der Waals surface area contributed by atoms with E-state index in [9.17, 15) is 8.78 Å². The molecule has 0 aliphatic rings. The van der Waals surface area contributed by atoms with Crippen molar-refractivity contribution < 1.29 is 13.5 Å². The minimum atomic E-state index is -2.99. The predicted octanol–water partition coefficient (Wildman–Crippen LogP) is 4.62. The molecule has 0 radical (unpaired) electrons. The molecule has 18 heavy (non-hydrogen) atoms. The smallest absolute Gasteiger partial charge is 0.306 e. The monoisotopic (exact) mass is 312 g/mol. The lowest BCUT2D eigenvalue weighted by Gasteiger charge is -2.17. The standard InChI is InChI=1S/C14H11BrF2O/c15-12-6-8-13(9-7-12)18-10-14(16,17)11-4-2-1-3-5-11/h1-9H,10H2. The van der Waals surface area contributed by atoms with Crippen LogP contribution in [0.2, 0.25) is 0 Å². The highest BCUT2D eigenvalue weighted by Gasteiger charge is 2.32. The van der Waals surface area contributed by atoms with Gasteiger partial charge in [-0.15, -0.1) is 0 Å². The Morgan fingerprint density at radius 2 is 1.56 bits per heavy atom. The Balaban J connectivity index is 2.03. The van der Waals surface area contributed by atoms with Gasteiger partial charge in [-0.2, -0.15) is 8.78 Å². The van der Waals surface area contributed by atoms with Gasteiger partial charge in [0.25, 0.3) is 0 Å². The van der Waals surface area contributed by atoms with Crippen LogP contribution in [0.4, 0.5) is 8.78 Å². The van der Waals surface area contributed by atoms with Gasteiger partial charge in [0, 0.05) is 10.0 Å². The Morgan fingerprint density at radius 1 is 0.944 bits per heavy atom. The van der Waals surface area contributed by atoms with Crippen LogP contribution in [0.5, 0.6) is 5.75 Å². The predicted molar refractivity (Wildman–Crippen MR) is 70.0 cm³/mol. The molecule has 0 spiro atoms. The Labute approximate surface area is 113 Å². The molecule has 0 unspecified atom stereocenters. The van der Waals surface area contributed by atoms with E-state index in [2.05, 4.69) is 15.9 Å². The van der Waals surface area contributed by atoms with Crippen molar-refractivity contribution in [2.45, 2.75) is 5.92 Å². The average molecular weight is 313 g/mol. The highest BCUT2D eigenvalue weighted by Crippen LogP contribution is 2.28. The van der Waals surface area contributed by atoms with Crippen molar-refractivity contribution in [2.24, 2.45) is 0 Å². The Bertz CT molecular complexity index is 497. The van der Waals surface area contributed by atoms with Crippen LogP contribution in [-0.2, 0) is 5.92 Å². The number of benzene rings is 2. The van der Waals surface area contributed by atoms with E-state index in [-0.39, 0.29) is 5.56 Å². The third kappa shape index (κ3) is 3.29. The quantitative estimate of drug-likeness (QED) is 0.800. The van der Waals surface area contributed by atoms with Gasteiger partial charge in [0.2, 0.25) is 0 Å². The van der Waals surface area contributed by atoms with Crippen molar-refractivity contribution in [2.75, 3.05) is 6.61 Å². The Morgan fingerprint density at radius 3 is 2.17 bits per heavy atom. The van der Waals surface area contributed by atoms with E-state index in [1.165, 1.54) is 12.1 Å². The van der Waals surface area contributed by atoms with Crippen molar-refractivity contribution in [3.05, 3.63) is 64.6 Å². The molecule has 0 N–H and O–H groups in total. The van der Waals surface area contributed by atoms with Gasteiger partial charge in [0.1, 0.15) is 5.75 Å². The number of halogens is 3. The van der Waals surface area contributed by atoms with Gasteiger partial charge in [0.05, 0.1) is 0 Å². The maximum Gasteiger partial charge on any atom is 0.306 e. The first kappa shape index (κ1) is 13.0. The molecule has 0 aromatic heterocycles. The number of hydrogen-bond donors (Lipinski definition) is 0. The van der Waals surface area contributed by atoms with Crippen LogP contribution in [0, 0.1) is 0 Å². The first-order chi connectivity index (χ1) is 8.58. The molecule has 0 aliphatic heterocycles. The van der Waals surface area contributed by atoms with Gasteiger partial charge in [-0.1, -0.05) is 46.3 Å². The molecule has 0 saturated carbocycles. The molecule has 1 nitrogen and oxygen atoms in total. The van der Waals surface area contributed by atoms with Crippen molar-refractivity contribution in [3.63, 3.8) is 0 Å². The first-order valence-corrected chi connectivity index (χ1v) is 6.19. The summed E-state index contributed by atoms with van der Waals surface area (Å²) in [5.41, 5.74) is -0.0397. The Kier molecular flexibility index (Phi) is 3.97. The summed E-state index contributed by atoms with van der Waals surface area (Å²) in [5, 5.41) is 0.